The van der Waals surface area contributed by atoms with Gasteiger partial charge in [0.1, 0.15) is 23.2 Å². The van der Waals surface area contributed by atoms with E-state index in [-0.39, 0.29) is 37.4 Å². The summed E-state index contributed by atoms with van der Waals surface area (Å²) in [5.41, 5.74) is 2.74. The molecule has 1 aliphatic heterocycles. The van der Waals surface area contributed by atoms with E-state index in [2.05, 4.69) is 21.1 Å². The number of amides is 5. The molecule has 3 aromatic rings. The number of benzene rings is 2. The molecule has 2 heterocycles. The van der Waals surface area contributed by atoms with Gasteiger partial charge < -0.3 is 40.1 Å². The number of nitrogens with zero attached hydrogens (tertiary/aromatic N) is 3. The number of anilines is 3. The Kier molecular flexibility index (Phi) is 9.68. The molecule has 12 nitrogen and oxygen atoms in total. The lowest BCUT2D eigenvalue weighted by Gasteiger charge is -2.34. The predicted octanol–water partition coefficient (Wildman–Crippen LogP) is 4.25. The Hall–Kier alpha value is -4.58. The van der Waals surface area contributed by atoms with Gasteiger partial charge in [-0.2, -0.15) is 0 Å². The van der Waals surface area contributed by atoms with Gasteiger partial charge in [-0.15, -0.1) is 0 Å². The van der Waals surface area contributed by atoms with Crippen molar-refractivity contribution < 1.29 is 28.8 Å². The van der Waals surface area contributed by atoms with Gasteiger partial charge in [-0.05, 0) is 51.1 Å². The Bertz CT molecular complexity index is 1390. The molecule has 4 N–H and O–H groups in total. The van der Waals surface area contributed by atoms with Gasteiger partial charge in [-0.1, -0.05) is 30.3 Å². The van der Waals surface area contributed by atoms with Crippen LogP contribution in [0.2, 0.25) is 0 Å². The van der Waals surface area contributed by atoms with Crippen LogP contribution in [0, 0.1) is 19.8 Å². The van der Waals surface area contributed by atoms with Crippen LogP contribution in [-0.2, 0) is 11.2 Å². The molecule has 0 bridgehead atoms. The molecule has 0 spiro atoms. The van der Waals surface area contributed by atoms with Gasteiger partial charge in [-0.3, -0.25) is 4.79 Å². The first-order valence-corrected chi connectivity index (χ1v) is 13.8. The van der Waals surface area contributed by atoms with Crippen LogP contribution in [0.4, 0.5) is 26.7 Å². The molecule has 0 aliphatic carbocycles. The van der Waals surface area contributed by atoms with Crippen molar-refractivity contribution in [3.63, 3.8) is 0 Å². The zero-order chi connectivity index (χ0) is 30.4. The first-order valence-electron chi connectivity index (χ1n) is 13.8. The van der Waals surface area contributed by atoms with E-state index >= 15 is 0 Å². The monoisotopic (exact) mass is 578 g/mol. The number of carbonyl (C=O) groups excluding carboxylic acids is 3. The van der Waals surface area contributed by atoms with Crippen molar-refractivity contribution in [3.8, 4) is 5.75 Å². The number of nitrogens with one attached hydrogen (secondary N) is 3. The van der Waals surface area contributed by atoms with Gasteiger partial charge in [0.05, 0.1) is 25.6 Å². The van der Waals surface area contributed by atoms with E-state index in [9.17, 15) is 19.5 Å². The van der Waals surface area contributed by atoms with Crippen LogP contribution < -0.4 is 20.7 Å². The lowest BCUT2D eigenvalue weighted by atomic mass is 10.0. The van der Waals surface area contributed by atoms with Gasteiger partial charge in [0, 0.05) is 36.4 Å². The highest BCUT2D eigenvalue weighted by atomic mass is 16.5. The Balaban J connectivity index is 1.56. The summed E-state index contributed by atoms with van der Waals surface area (Å²) < 4.78 is 11.6. The predicted molar refractivity (Wildman–Crippen MR) is 159 cm³/mol. The number of para-hydroxylation sites is 1. The van der Waals surface area contributed by atoms with E-state index in [1.165, 1.54) is 0 Å². The summed E-state index contributed by atoms with van der Waals surface area (Å²) in [6.07, 6.45) is -0.471. The fourth-order valence-electron chi connectivity index (χ4n) is 4.76. The average Bonchev–Trinajstić information content (AvgIpc) is 3.29. The highest BCUT2D eigenvalue weighted by molar-refractivity contribution is 6.00. The summed E-state index contributed by atoms with van der Waals surface area (Å²) in [6.45, 7) is 7.55. The highest BCUT2D eigenvalue weighted by Gasteiger charge is 2.32. The van der Waals surface area contributed by atoms with Crippen molar-refractivity contribution in [2.24, 2.45) is 5.92 Å². The standard InChI is InChI=1S/C30H38N6O6/c1-18-15-36(19(2)17-37)27(38)14-22-13-24(31-29(39)33-28-20(3)34-42-21(28)4)11-12-25(22)41-26(18)16-35(5)30(40)32-23-9-7-6-8-10-23/h6-13,18-19,26,37H,14-17H2,1-5H3,(H,32,40)(H2,31,33,39)/t18-,19+,26+/m1/s1. The van der Waals surface area contributed by atoms with Crippen molar-refractivity contribution in [3.05, 3.63) is 65.5 Å². The molecule has 5 amide bonds. The molecular weight excluding hydrogens is 540 g/mol. The van der Waals surface area contributed by atoms with Crippen molar-refractivity contribution in [2.45, 2.75) is 46.3 Å². The third-order valence-corrected chi connectivity index (χ3v) is 7.27. The molecule has 42 heavy (non-hydrogen) atoms. The zero-order valence-electron chi connectivity index (χ0n) is 24.5. The van der Waals surface area contributed by atoms with Crippen LogP contribution in [-0.4, -0.2) is 76.9 Å². The number of aryl methyl sites for hydroxylation is 2. The fourth-order valence-corrected chi connectivity index (χ4v) is 4.76. The number of ether oxygens (including phenoxy) is 1. The van der Waals surface area contributed by atoms with Crippen molar-refractivity contribution in [1.82, 2.24) is 15.0 Å². The molecule has 1 aliphatic rings. The van der Waals surface area contributed by atoms with Crippen LogP contribution >= 0.6 is 0 Å². The van der Waals surface area contributed by atoms with Crippen molar-refractivity contribution >= 4 is 35.0 Å². The van der Waals surface area contributed by atoms with Crippen LogP contribution in [0.15, 0.2) is 53.1 Å². The highest BCUT2D eigenvalue weighted by Crippen LogP contribution is 2.29. The molecule has 0 saturated heterocycles. The molecule has 2 aromatic carbocycles. The number of urea groups is 2. The SMILES string of the molecule is Cc1noc(C)c1NC(=O)Nc1ccc2c(c1)CC(=O)N([C@@H](C)CO)C[C@@H](C)[C@H](CN(C)C(=O)Nc1ccccc1)O2. The molecule has 0 unspecified atom stereocenters. The molecule has 3 atom stereocenters. The largest absolute Gasteiger partial charge is 0.488 e. The summed E-state index contributed by atoms with van der Waals surface area (Å²) in [7, 11) is 1.69. The third-order valence-electron chi connectivity index (χ3n) is 7.27. The zero-order valence-corrected chi connectivity index (χ0v) is 24.5. The fraction of sp³-hybridized carbons (Fsp3) is 0.400. The quantitative estimate of drug-likeness (QED) is 0.327. The van der Waals surface area contributed by atoms with E-state index in [4.69, 9.17) is 9.26 Å². The first kappa shape index (κ1) is 30.4. The van der Waals surface area contributed by atoms with Crippen LogP contribution in [0.1, 0.15) is 30.9 Å². The Morgan fingerprint density at radius 2 is 1.86 bits per heavy atom. The summed E-state index contributed by atoms with van der Waals surface area (Å²) in [5, 5.41) is 22.1. The third kappa shape index (κ3) is 7.38. The first-order chi connectivity index (χ1) is 20.0. The van der Waals surface area contributed by atoms with Gasteiger partial charge in [0.15, 0.2) is 5.76 Å². The van der Waals surface area contributed by atoms with E-state index < -0.39 is 18.2 Å². The van der Waals surface area contributed by atoms with Crippen molar-refractivity contribution in [1.29, 1.82) is 0 Å². The number of fused-ring (bicyclic) bond motifs is 1. The van der Waals surface area contributed by atoms with Crippen LogP contribution in [0.3, 0.4) is 0 Å². The Labute approximate surface area is 245 Å². The molecular formula is C30H38N6O6. The minimum Gasteiger partial charge on any atom is -0.488 e. The number of aromatic nitrogens is 1. The Morgan fingerprint density at radius 3 is 2.52 bits per heavy atom. The summed E-state index contributed by atoms with van der Waals surface area (Å²) in [5.74, 6) is 0.602. The normalized spacial score (nSPS) is 17.6. The molecule has 0 saturated carbocycles. The second-order valence-electron chi connectivity index (χ2n) is 10.7. The second-order valence-corrected chi connectivity index (χ2v) is 10.7. The number of rotatable bonds is 7. The van der Waals surface area contributed by atoms with E-state index in [0.29, 0.717) is 46.4 Å². The molecule has 4 rings (SSSR count). The maximum Gasteiger partial charge on any atom is 0.323 e. The number of aliphatic hydroxyl groups excluding tert-OH is 1. The number of hydrogen-bond acceptors (Lipinski definition) is 7. The molecule has 0 radical (unpaired) electrons. The molecule has 1 aromatic heterocycles. The summed E-state index contributed by atoms with van der Waals surface area (Å²) in [6, 6.07) is 13.1. The van der Waals surface area contributed by atoms with Gasteiger partial charge in [0.25, 0.3) is 0 Å². The van der Waals surface area contributed by atoms with Gasteiger partial charge >= 0.3 is 12.1 Å². The molecule has 12 heteroatoms. The second kappa shape index (κ2) is 13.4. The van der Waals surface area contributed by atoms with Crippen molar-refractivity contribution in [2.75, 3.05) is 42.7 Å². The number of likely N-dealkylation sites (N-methyl/N-ethyl adjacent to an activating group) is 1. The van der Waals surface area contributed by atoms with Gasteiger partial charge in [-0.25, -0.2) is 9.59 Å². The summed E-state index contributed by atoms with van der Waals surface area (Å²) >= 11 is 0. The number of aliphatic hydroxyl groups is 1. The minimum atomic E-state index is -0.493. The smallest absolute Gasteiger partial charge is 0.323 e. The van der Waals surface area contributed by atoms with Crippen LogP contribution in [0.5, 0.6) is 5.75 Å². The topological polar surface area (TPSA) is 149 Å². The average molecular weight is 579 g/mol. The van der Waals surface area contributed by atoms with E-state index in [1.807, 2.05) is 25.1 Å². The lowest BCUT2D eigenvalue weighted by molar-refractivity contribution is -0.134. The molecule has 0 fully saturated rings. The number of carbonyl (C=O) groups is 3. The number of hydrogen-bond donors (Lipinski definition) is 4. The molecule has 224 valence electrons. The Morgan fingerprint density at radius 1 is 1.12 bits per heavy atom. The minimum absolute atomic E-state index is 0.00442. The van der Waals surface area contributed by atoms with Gasteiger partial charge in [0.2, 0.25) is 5.91 Å². The lowest BCUT2D eigenvalue weighted by Crippen LogP contribution is -2.48. The maximum atomic E-state index is 13.5. The maximum absolute atomic E-state index is 13.5. The van der Waals surface area contributed by atoms with Crippen LogP contribution in [0.25, 0.3) is 0 Å². The van der Waals surface area contributed by atoms with E-state index in [1.54, 1.807) is 68.0 Å². The van der Waals surface area contributed by atoms with E-state index in [0.717, 1.165) is 0 Å². The summed E-state index contributed by atoms with van der Waals surface area (Å²) in [4.78, 5) is 42.3.